The smallest absolute Gasteiger partial charge is 0.180 e. The number of fused-ring (bicyclic) bond motifs is 1. The molecular weight excluding hydrogens is 641 g/mol. The van der Waals surface area contributed by atoms with E-state index in [1.54, 1.807) is 11.3 Å². The molecule has 0 aliphatic carbocycles. The molecule has 0 saturated carbocycles. The lowest BCUT2D eigenvalue weighted by Crippen LogP contribution is -2.14. The summed E-state index contributed by atoms with van der Waals surface area (Å²) in [4.78, 5) is 2.36. The molecule has 0 amide bonds. The van der Waals surface area contributed by atoms with E-state index in [4.69, 9.17) is 9.47 Å². The Morgan fingerprint density at radius 2 is 0.647 bits per heavy atom. The fraction of sp³-hybridized carbons (Fsp3) is 0.167. The van der Waals surface area contributed by atoms with Gasteiger partial charge in [0.1, 0.15) is 13.2 Å². The van der Waals surface area contributed by atoms with Crippen molar-refractivity contribution in [2.24, 2.45) is 0 Å². The van der Waals surface area contributed by atoms with Crippen molar-refractivity contribution in [3.63, 3.8) is 0 Å². The van der Waals surface area contributed by atoms with Crippen LogP contribution in [0.3, 0.4) is 0 Å². The van der Waals surface area contributed by atoms with Gasteiger partial charge in [-0.3, -0.25) is 0 Å². The van der Waals surface area contributed by atoms with E-state index in [1.807, 2.05) is 30.3 Å². The molecule has 262 valence electrons. The van der Waals surface area contributed by atoms with Gasteiger partial charge in [0.15, 0.2) is 11.5 Å². The standard InChI is InChI=1S/C19H16.C13H12O2S.C13H12.3CH4/c1-15-7-9-17(10-8-15)19-13-11-18(12-14-19)16-5-3-2-4-6-16;1-9-11-12(15-8-7-14-11)13(16-9)10-5-3-2-4-6-10;1-11-7-9-13(10-8-11)12-5-3-2-4-6-12;;;/h2-14H,1H3;2-6H,7-8H2,1H3;2-10H,1H3;3*1H4. The van der Waals surface area contributed by atoms with Crippen molar-refractivity contribution in [1.82, 2.24) is 0 Å². The Balaban J connectivity index is 0.000000204. The molecule has 6 aromatic carbocycles. The van der Waals surface area contributed by atoms with Crippen LogP contribution >= 0.6 is 11.3 Å². The summed E-state index contributed by atoms with van der Waals surface area (Å²) in [5, 5.41) is 0. The summed E-state index contributed by atoms with van der Waals surface area (Å²) in [5.41, 5.74) is 11.4. The molecule has 7 aromatic rings. The van der Waals surface area contributed by atoms with Crippen LogP contribution in [0.5, 0.6) is 11.5 Å². The van der Waals surface area contributed by atoms with Gasteiger partial charge < -0.3 is 9.47 Å². The summed E-state index contributed by atoms with van der Waals surface area (Å²) in [6, 6.07) is 57.2. The number of rotatable bonds is 4. The summed E-state index contributed by atoms with van der Waals surface area (Å²) in [6.07, 6.45) is 0. The molecule has 3 heteroatoms. The average Bonchev–Trinajstić information content (AvgIpc) is 3.50. The van der Waals surface area contributed by atoms with Crippen LogP contribution in [0.1, 0.15) is 38.3 Å². The quantitative estimate of drug-likeness (QED) is 0.183. The molecule has 1 aliphatic rings. The van der Waals surface area contributed by atoms with Crippen molar-refractivity contribution in [2.75, 3.05) is 13.2 Å². The molecule has 0 unspecified atom stereocenters. The molecule has 51 heavy (non-hydrogen) atoms. The first kappa shape index (κ1) is 40.1. The molecule has 0 radical (unpaired) electrons. The highest BCUT2D eigenvalue weighted by atomic mass is 32.1. The van der Waals surface area contributed by atoms with Crippen LogP contribution in [0.2, 0.25) is 0 Å². The lowest BCUT2D eigenvalue weighted by Gasteiger charge is -2.16. The van der Waals surface area contributed by atoms with E-state index in [9.17, 15) is 0 Å². The molecule has 0 bridgehead atoms. The molecule has 1 aromatic heterocycles. The third-order valence-electron chi connectivity index (χ3n) is 8.14. The molecule has 0 saturated heterocycles. The minimum absolute atomic E-state index is 0. The van der Waals surface area contributed by atoms with Crippen LogP contribution in [0.15, 0.2) is 164 Å². The maximum absolute atomic E-state index is 5.72. The Morgan fingerprint density at radius 3 is 1.02 bits per heavy atom. The van der Waals surface area contributed by atoms with E-state index in [2.05, 4.69) is 154 Å². The SMILES string of the molecule is C.C.C.Cc1ccc(-c2ccc(-c3ccccc3)cc2)cc1.Cc1ccc(-c2ccccc2)cc1.Cc1sc(-c2ccccc2)c2c1OCCO2. The number of benzene rings is 6. The third kappa shape index (κ3) is 10.6. The van der Waals surface area contributed by atoms with Gasteiger partial charge in [-0.1, -0.05) is 197 Å². The second kappa shape index (κ2) is 19.7. The highest BCUT2D eigenvalue weighted by Gasteiger charge is 2.22. The zero-order chi connectivity index (χ0) is 33.1. The number of thiophene rings is 1. The number of aryl methyl sites for hydroxylation is 3. The second-order valence-corrected chi connectivity index (χ2v) is 13.0. The summed E-state index contributed by atoms with van der Waals surface area (Å²) in [6.45, 7) is 7.59. The first-order chi connectivity index (χ1) is 23.5. The first-order valence-corrected chi connectivity index (χ1v) is 17.2. The van der Waals surface area contributed by atoms with Gasteiger partial charge in [-0.2, -0.15) is 0 Å². The Bertz CT molecular complexity index is 2000. The number of ether oxygens (including phenoxy) is 2. The van der Waals surface area contributed by atoms with Gasteiger partial charge in [0.05, 0.1) is 4.88 Å². The van der Waals surface area contributed by atoms with Gasteiger partial charge in [-0.25, -0.2) is 0 Å². The van der Waals surface area contributed by atoms with E-state index >= 15 is 0 Å². The van der Waals surface area contributed by atoms with Crippen LogP contribution in [0.25, 0.3) is 43.8 Å². The van der Waals surface area contributed by atoms with Gasteiger partial charge in [-0.05, 0) is 59.7 Å². The van der Waals surface area contributed by atoms with E-state index in [1.165, 1.54) is 59.8 Å². The van der Waals surface area contributed by atoms with Crippen LogP contribution < -0.4 is 9.47 Å². The topological polar surface area (TPSA) is 18.5 Å². The fourth-order valence-corrected chi connectivity index (χ4v) is 6.53. The van der Waals surface area contributed by atoms with Gasteiger partial charge >= 0.3 is 0 Å². The zero-order valence-corrected chi connectivity index (χ0v) is 28.5. The predicted molar refractivity (Wildman–Crippen MR) is 224 cm³/mol. The van der Waals surface area contributed by atoms with Crippen molar-refractivity contribution >= 4 is 11.3 Å². The van der Waals surface area contributed by atoms with Gasteiger partial charge in [0.2, 0.25) is 0 Å². The van der Waals surface area contributed by atoms with Crippen molar-refractivity contribution in [1.29, 1.82) is 0 Å². The number of hydrogen-bond donors (Lipinski definition) is 0. The zero-order valence-electron chi connectivity index (χ0n) is 27.7. The summed E-state index contributed by atoms with van der Waals surface area (Å²) >= 11 is 1.73. The molecule has 0 atom stereocenters. The molecule has 0 spiro atoms. The predicted octanol–water partition coefficient (Wildman–Crippen LogP) is 14.4. The van der Waals surface area contributed by atoms with Gasteiger partial charge in [-0.15, -0.1) is 11.3 Å². The highest BCUT2D eigenvalue weighted by Crippen LogP contribution is 2.48. The fourth-order valence-electron chi connectivity index (χ4n) is 5.48. The van der Waals surface area contributed by atoms with E-state index in [0.29, 0.717) is 13.2 Å². The van der Waals surface area contributed by atoms with Crippen LogP contribution in [0.4, 0.5) is 0 Å². The maximum Gasteiger partial charge on any atom is 0.180 e. The van der Waals surface area contributed by atoms with Crippen molar-refractivity contribution in [3.05, 3.63) is 180 Å². The molecule has 0 N–H and O–H groups in total. The number of hydrogen-bond acceptors (Lipinski definition) is 3. The second-order valence-electron chi connectivity index (χ2n) is 11.8. The van der Waals surface area contributed by atoms with Crippen LogP contribution in [-0.2, 0) is 0 Å². The van der Waals surface area contributed by atoms with Gasteiger partial charge in [0, 0.05) is 4.88 Å². The Morgan fingerprint density at radius 1 is 0.353 bits per heavy atom. The first-order valence-electron chi connectivity index (χ1n) is 16.3. The Kier molecular flexibility index (Phi) is 15.5. The van der Waals surface area contributed by atoms with Crippen LogP contribution in [-0.4, -0.2) is 13.2 Å². The van der Waals surface area contributed by atoms with Crippen molar-refractivity contribution in [2.45, 2.75) is 43.1 Å². The van der Waals surface area contributed by atoms with Gasteiger partial charge in [0.25, 0.3) is 0 Å². The lowest BCUT2D eigenvalue weighted by atomic mass is 10.00. The third-order valence-corrected chi connectivity index (χ3v) is 9.25. The Hall–Kier alpha value is -5.38. The molecule has 2 nitrogen and oxygen atoms in total. The Labute approximate surface area is 311 Å². The highest BCUT2D eigenvalue weighted by molar-refractivity contribution is 7.16. The average molecular weight is 693 g/mol. The minimum atomic E-state index is 0. The monoisotopic (exact) mass is 692 g/mol. The summed E-state index contributed by atoms with van der Waals surface area (Å²) in [7, 11) is 0. The maximum atomic E-state index is 5.72. The van der Waals surface area contributed by atoms with E-state index < -0.39 is 0 Å². The molecule has 2 heterocycles. The minimum Gasteiger partial charge on any atom is -0.485 e. The summed E-state index contributed by atoms with van der Waals surface area (Å²) < 4.78 is 11.4. The largest absolute Gasteiger partial charge is 0.485 e. The summed E-state index contributed by atoms with van der Waals surface area (Å²) in [5.74, 6) is 1.84. The molecular formula is C48H52O2S. The van der Waals surface area contributed by atoms with Crippen LogP contribution in [0, 0.1) is 20.8 Å². The normalized spacial score (nSPS) is 10.7. The molecule has 0 fully saturated rings. The lowest BCUT2D eigenvalue weighted by molar-refractivity contribution is 0.173. The van der Waals surface area contributed by atoms with Crippen molar-refractivity contribution < 1.29 is 9.47 Å². The van der Waals surface area contributed by atoms with E-state index in [0.717, 1.165) is 11.5 Å². The van der Waals surface area contributed by atoms with E-state index in [-0.39, 0.29) is 22.3 Å². The molecule has 8 rings (SSSR count). The van der Waals surface area contributed by atoms with Crippen molar-refractivity contribution in [3.8, 4) is 55.3 Å². The molecule has 1 aliphatic heterocycles.